The lowest BCUT2D eigenvalue weighted by Crippen LogP contribution is -2.10. The van der Waals surface area contributed by atoms with Gasteiger partial charge in [-0.25, -0.2) is 0 Å². The van der Waals surface area contributed by atoms with Gasteiger partial charge in [-0.05, 0) is 5.41 Å². The number of Topliss-reactive ketones (excluding diaryl/α,β-unsaturated/α-hetero) is 1. The van der Waals surface area contributed by atoms with Crippen LogP contribution in [-0.2, 0) is 6.42 Å². The fourth-order valence-electron chi connectivity index (χ4n) is 0.943. The first-order chi connectivity index (χ1) is 5.88. The maximum Gasteiger partial charge on any atom is 0.293 e. The minimum absolute atomic E-state index is 0.0965. The molecule has 1 rings (SSSR count). The molecule has 0 saturated carbocycles. The van der Waals surface area contributed by atoms with Gasteiger partial charge in [0.1, 0.15) is 0 Å². The normalized spacial score (nSPS) is 11.7. The van der Waals surface area contributed by atoms with Crippen LogP contribution < -0.4 is 0 Å². The lowest BCUT2D eigenvalue weighted by atomic mass is 9.92. The monoisotopic (exact) mass is 182 g/mol. The van der Waals surface area contributed by atoms with Gasteiger partial charge in [0.2, 0.25) is 5.78 Å². The molecule has 4 heteroatoms. The van der Waals surface area contributed by atoms with E-state index in [1.807, 2.05) is 0 Å². The molecule has 0 saturated heterocycles. The molecule has 0 spiro atoms. The number of carbonyl (C=O) groups is 1. The molecule has 0 aliphatic heterocycles. The Bertz CT molecular complexity index is 310. The van der Waals surface area contributed by atoms with Gasteiger partial charge in [-0.15, -0.1) is 0 Å². The van der Waals surface area contributed by atoms with Crippen LogP contribution in [0, 0.1) is 5.41 Å². The van der Waals surface area contributed by atoms with Crippen LogP contribution >= 0.6 is 0 Å². The Hall–Kier alpha value is -1.19. The highest BCUT2D eigenvalue weighted by Gasteiger charge is 2.17. The highest BCUT2D eigenvalue weighted by Crippen LogP contribution is 2.18. The number of hydrogen-bond donors (Lipinski definition) is 0. The van der Waals surface area contributed by atoms with Gasteiger partial charge in [0, 0.05) is 13.3 Å². The summed E-state index contributed by atoms with van der Waals surface area (Å²) in [6, 6.07) is 0. The van der Waals surface area contributed by atoms with Crippen molar-refractivity contribution in [3.8, 4) is 0 Å². The standard InChI is InChI=1S/C9H14N2O2/c1-6(12)8-10-7(11-13-8)5-9(2,3)4/h5H2,1-4H3. The molecular formula is C9H14N2O2. The van der Waals surface area contributed by atoms with Crippen molar-refractivity contribution >= 4 is 5.78 Å². The molecule has 0 atom stereocenters. The topological polar surface area (TPSA) is 56.0 Å². The SMILES string of the molecule is CC(=O)c1nc(CC(C)(C)C)no1. The summed E-state index contributed by atoms with van der Waals surface area (Å²) in [5, 5.41) is 3.72. The van der Waals surface area contributed by atoms with Gasteiger partial charge in [0.25, 0.3) is 5.89 Å². The molecule has 4 nitrogen and oxygen atoms in total. The summed E-state index contributed by atoms with van der Waals surface area (Å²) in [6.07, 6.45) is 0.712. The summed E-state index contributed by atoms with van der Waals surface area (Å²) < 4.78 is 4.76. The Balaban J connectivity index is 2.75. The van der Waals surface area contributed by atoms with E-state index < -0.39 is 0 Å². The Morgan fingerprint density at radius 2 is 2.08 bits per heavy atom. The summed E-state index contributed by atoms with van der Waals surface area (Å²) in [6.45, 7) is 7.65. The van der Waals surface area contributed by atoms with E-state index in [-0.39, 0.29) is 17.1 Å². The molecular weight excluding hydrogens is 168 g/mol. The van der Waals surface area contributed by atoms with Crippen LogP contribution in [0.1, 0.15) is 44.2 Å². The van der Waals surface area contributed by atoms with Crippen LogP contribution in [0.2, 0.25) is 0 Å². The van der Waals surface area contributed by atoms with Crippen LogP contribution in [0.25, 0.3) is 0 Å². The molecule has 0 aliphatic rings. The van der Waals surface area contributed by atoms with Crippen LogP contribution in [0.5, 0.6) is 0 Å². The second-order valence-corrected chi connectivity index (χ2v) is 4.31. The van der Waals surface area contributed by atoms with Crippen LogP contribution in [0.3, 0.4) is 0 Å². The molecule has 1 aromatic heterocycles. The van der Waals surface area contributed by atoms with E-state index in [1.54, 1.807) is 0 Å². The number of aromatic nitrogens is 2. The molecule has 1 aromatic rings. The first kappa shape index (κ1) is 9.89. The van der Waals surface area contributed by atoms with Crippen molar-refractivity contribution in [3.63, 3.8) is 0 Å². The predicted molar refractivity (Wildman–Crippen MR) is 47.5 cm³/mol. The fourth-order valence-corrected chi connectivity index (χ4v) is 0.943. The van der Waals surface area contributed by atoms with Gasteiger partial charge in [0.05, 0.1) is 0 Å². The fraction of sp³-hybridized carbons (Fsp3) is 0.667. The number of ketones is 1. The molecule has 0 bridgehead atoms. The van der Waals surface area contributed by atoms with Crippen molar-refractivity contribution in [1.82, 2.24) is 10.1 Å². The van der Waals surface area contributed by atoms with Gasteiger partial charge < -0.3 is 4.52 Å². The van der Waals surface area contributed by atoms with Crippen molar-refractivity contribution in [2.45, 2.75) is 34.1 Å². The van der Waals surface area contributed by atoms with E-state index in [0.29, 0.717) is 12.2 Å². The quantitative estimate of drug-likeness (QED) is 0.655. The molecule has 1 heterocycles. The van der Waals surface area contributed by atoms with Crippen molar-refractivity contribution in [3.05, 3.63) is 11.7 Å². The molecule has 0 aromatic carbocycles. The van der Waals surface area contributed by atoms with Crippen LogP contribution in [0.15, 0.2) is 4.52 Å². The summed E-state index contributed by atoms with van der Waals surface area (Å²) in [4.78, 5) is 14.8. The van der Waals surface area contributed by atoms with E-state index in [1.165, 1.54) is 6.92 Å². The molecule has 0 amide bonds. The Kier molecular flexibility index (Phi) is 2.50. The van der Waals surface area contributed by atoms with E-state index in [4.69, 9.17) is 4.52 Å². The third-order valence-electron chi connectivity index (χ3n) is 1.46. The molecule has 72 valence electrons. The van der Waals surface area contributed by atoms with Crippen LogP contribution in [0.4, 0.5) is 0 Å². The average molecular weight is 182 g/mol. The highest BCUT2D eigenvalue weighted by atomic mass is 16.5. The Morgan fingerprint density at radius 1 is 1.46 bits per heavy atom. The number of rotatable bonds is 2. The molecule has 0 N–H and O–H groups in total. The zero-order valence-corrected chi connectivity index (χ0v) is 8.42. The first-order valence-corrected chi connectivity index (χ1v) is 4.22. The summed E-state index contributed by atoms with van der Waals surface area (Å²) >= 11 is 0. The zero-order chi connectivity index (χ0) is 10.1. The zero-order valence-electron chi connectivity index (χ0n) is 8.42. The van der Waals surface area contributed by atoms with E-state index >= 15 is 0 Å². The average Bonchev–Trinajstić information content (AvgIpc) is 2.31. The maximum atomic E-state index is 10.8. The lowest BCUT2D eigenvalue weighted by molar-refractivity contribution is 0.0972. The number of carbonyl (C=O) groups excluding carboxylic acids is 1. The second kappa shape index (κ2) is 3.28. The molecule has 0 unspecified atom stereocenters. The first-order valence-electron chi connectivity index (χ1n) is 4.22. The summed E-state index contributed by atoms with van der Waals surface area (Å²) in [7, 11) is 0. The lowest BCUT2D eigenvalue weighted by Gasteiger charge is -2.14. The van der Waals surface area contributed by atoms with Gasteiger partial charge in [-0.1, -0.05) is 25.9 Å². The Morgan fingerprint density at radius 3 is 2.46 bits per heavy atom. The maximum absolute atomic E-state index is 10.8. The third-order valence-corrected chi connectivity index (χ3v) is 1.46. The largest absolute Gasteiger partial charge is 0.331 e. The molecule has 0 radical (unpaired) electrons. The van der Waals surface area contributed by atoms with Gasteiger partial charge in [-0.2, -0.15) is 4.98 Å². The van der Waals surface area contributed by atoms with Gasteiger partial charge in [0.15, 0.2) is 5.82 Å². The molecule has 0 aliphatic carbocycles. The van der Waals surface area contributed by atoms with E-state index in [9.17, 15) is 4.79 Å². The third kappa shape index (κ3) is 2.97. The summed E-state index contributed by atoms with van der Waals surface area (Å²) in [5.41, 5.74) is 0.109. The van der Waals surface area contributed by atoms with Crippen molar-refractivity contribution in [2.24, 2.45) is 5.41 Å². The predicted octanol–water partition coefficient (Wildman–Crippen LogP) is 1.86. The molecule has 0 fully saturated rings. The van der Waals surface area contributed by atoms with Crippen molar-refractivity contribution in [2.75, 3.05) is 0 Å². The molecule has 13 heavy (non-hydrogen) atoms. The highest BCUT2D eigenvalue weighted by molar-refractivity contribution is 5.89. The summed E-state index contributed by atoms with van der Waals surface area (Å²) in [5.74, 6) is 0.504. The van der Waals surface area contributed by atoms with Gasteiger partial charge >= 0.3 is 0 Å². The minimum atomic E-state index is -0.187. The van der Waals surface area contributed by atoms with E-state index in [0.717, 1.165) is 0 Å². The van der Waals surface area contributed by atoms with Gasteiger partial charge in [-0.3, -0.25) is 4.79 Å². The minimum Gasteiger partial charge on any atom is -0.331 e. The second-order valence-electron chi connectivity index (χ2n) is 4.31. The smallest absolute Gasteiger partial charge is 0.293 e. The Labute approximate surface area is 77.3 Å². The van der Waals surface area contributed by atoms with Crippen LogP contribution in [-0.4, -0.2) is 15.9 Å². The van der Waals surface area contributed by atoms with E-state index in [2.05, 4.69) is 30.9 Å². The number of hydrogen-bond acceptors (Lipinski definition) is 4. The van der Waals surface area contributed by atoms with Crippen molar-refractivity contribution < 1.29 is 9.32 Å². The van der Waals surface area contributed by atoms with Crippen molar-refractivity contribution in [1.29, 1.82) is 0 Å². The number of nitrogens with zero attached hydrogens (tertiary/aromatic N) is 2.